The molecule has 2 unspecified atom stereocenters. The second-order valence-corrected chi connectivity index (χ2v) is 5.42. The van der Waals surface area contributed by atoms with Crippen molar-refractivity contribution in [1.82, 2.24) is 4.98 Å². The molecule has 0 N–H and O–H groups in total. The fourth-order valence-corrected chi connectivity index (χ4v) is 3.27. The largest absolute Gasteiger partial charge is 0.265 e. The van der Waals surface area contributed by atoms with Crippen molar-refractivity contribution in [2.24, 2.45) is 0 Å². The van der Waals surface area contributed by atoms with Crippen LogP contribution in [-0.2, 0) is 0 Å². The Morgan fingerprint density at radius 3 is 2.64 bits per heavy atom. The van der Waals surface area contributed by atoms with Gasteiger partial charge in [0.15, 0.2) is 0 Å². The van der Waals surface area contributed by atoms with Gasteiger partial charge in [0.05, 0.1) is 4.58 Å². The van der Waals surface area contributed by atoms with Gasteiger partial charge in [0.2, 0.25) is 0 Å². The Labute approximate surface area is 101 Å². The quantitative estimate of drug-likeness (QED) is 0.609. The van der Waals surface area contributed by atoms with Crippen LogP contribution < -0.4 is 0 Å². The number of thioether (sulfide) groups is 1. The highest BCUT2D eigenvalue weighted by atomic mass is 32.2. The first-order valence-corrected chi connectivity index (χ1v) is 6.55. The second kappa shape index (κ2) is 6.64. The number of thiol groups is 2. The number of pyridine rings is 1. The molecule has 0 amide bonds. The standard InChI is InChI=1S/C10H14NS3/c1-2-14-10(13)9(7-12)8-3-5-11-6-4-8/h3-7,9-10,12-13H,2H2,1H3. The minimum absolute atomic E-state index is 0.264. The predicted octanol–water partition coefficient (Wildman–Crippen LogP) is 3.27. The van der Waals surface area contributed by atoms with E-state index >= 15 is 0 Å². The van der Waals surface area contributed by atoms with Crippen LogP contribution in [0.15, 0.2) is 24.5 Å². The molecule has 0 saturated carbocycles. The van der Waals surface area contributed by atoms with Gasteiger partial charge in [-0.05, 0) is 23.4 Å². The first-order valence-electron chi connectivity index (χ1n) is 4.46. The number of nitrogens with zero attached hydrogens (tertiary/aromatic N) is 1. The highest BCUT2D eigenvalue weighted by Crippen LogP contribution is 2.33. The minimum atomic E-state index is 0.264. The topological polar surface area (TPSA) is 12.9 Å². The van der Waals surface area contributed by atoms with Crippen molar-refractivity contribution in [3.63, 3.8) is 0 Å². The normalized spacial score (nSPS) is 15.1. The van der Waals surface area contributed by atoms with E-state index in [1.54, 1.807) is 12.4 Å². The molecule has 0 aromatic carbocycles. The zero-order valence-electron chi connectivity index (χ0n) is 8.00. The van der Waals surface area contributed by atoms with Crippen molar-refractivity contribution >= 4 is 37.0 Å². The van der Waals surface area contributed by atoms with Gasteiger partial charge in [0.1, 0.15) is 0 Å². The van der Waals surface area contributed by atoms with E-state index in [-0.39, 0.29) is 10.5 Å². The van der Waals surface area contributed by atoms with E-state index in [2.05, 4.69) is 37.2 Å². The van der Waals surface area contributed by atoms with E-state index < -0.39 is 0 Å². The minimum Gasteiger partial charge on any atom is -0.265 e. The molecule has 0 aliphatic rings. The number of hydrogen-bond donors (Lipinski definition) is 2. The Morgan fingerprint density at radius 2 is 2.14 bits per heavy atom. The third-order valence-electron chi connectivity index (χ3n) is 1.90. The maximum Gasteiger partial charge on any atom is 0.0551 e. The molecular formula is C10H14NS3. The Bertz CT molecular complexity index is 253. The fraction of sp³-hybridized carbons (Fsp3) is 0.400. The van der Waals surface area contributed by atoms with Gasteiger partial charge < -0.3 is 0 Å². The van der Waals surface area contributed by atoms with Crippen molar-refractivity contribution in [2.75, 3.05) is 5.75 Å². The van der Waals surface area contributed by atoms with Crippen LogP contribution in [-0.4, -0.2) is 15.3 Å². The maximum atomic E-state index is 4.56. The fourth-order valence-electron chi connectivity index (χ4n) is 1.18. The summed E-state index contributed by atoms with van der Waals surface area (Å²) in [7, 11) is 0. The van der Waals surface area contributed by atoms with Crippen LogP contribution in [0.1, 0.15) is 18.4 Å². The van der Waals surface area contributed by atoms with Crippen molar-refractivity contribution in [1.29, 1.82) is 0 Å². The Morgan fingerprint density at radius 1 is 1.50 bits per heavy atom. The lowest BCUT2D eigenvalue weighted by molar-refractivity contribution is 0.924. The maximum absolute atomic E-state index is 4.56. The van der Waals surface area contributed by atoms with Gasteiger partial charge in [-0.1, -0.05) is 6.92 Å². The monoisotopic (exact) mass is 244 g/mol. The van der Waals surface area contributed by atoms with Crippen LogP contribution in [0.4, 0.5) is 0 Å². The Kier molecular flexibility index (Phi) is 5.82. The lowest BCUT2D eigenvalue weighted by Gasteiger charge is -2.20. The van der Waals surface area contributed by atoms with E-state index in [4.69, 9.17) is 0 Å². The molecule has 1 heterocycles. The third-order valence-corrected chi connectivity index (χ3v) is 3.95. The lowest BCUT2D eigenvalue weighted by atomic mass is 10.0. The van der Waals surface area contributed by atoms with E-state index in [0.29, 0.717) is 0 Å². The van der Waals surface area contributed by atoms with Crippen molar-refractivity contribution in [3.05, 3.63) is 35.8 Å². The Hall–Kier alpha value is 0.200. The molecule has 1 nitrogen and oxygen atoms in total. The van der Waals surface area contributed by atoms with Crippen molar-refractivity contribution in [3.8, 4) is 0 Å². The third kappa shape index (κ3) is 3.41. The summed E-state index contributed by atoms with van der Waals surface area (Å²) < 4.78 is 0.264. The van der Waals surface area contributed by atoms with Gasteiger partial charge in [-0.25, -0.2) is 0 Å². The molecule has 0 aliphatic carbocycles. The molecule has 1 aromatic heterocycles. The molecule has 77 valence electrons. The summed E-state index contributed by atoms with van der Waals surface area (Å²) in [6.07, 6.45) is 3.60. The predicted molar refractivity (Wildman–Crippen MR) is 71.2 cm³/mol. The van der Waals surface area contributed by atoms with E-state index in [0.717, 1.165) is 5.75 Å². The van der Waals surface area contributed by atoms with E-state index in [1.165, 1.54) is 5.56 Å². The first-order chi connectivity index (χ1) is 6.79. The summed E-state index contributed by atoms with van der Waals surface area (Å²) in [5.74, 6) is 3.24. The molecule has 1 radical (unpaired) electrons. The summed E-state index contributed by atoms with van der Waals surface area (Å²) in [5.41, 5.74) is 1.22. The highest BCUT2D eigenvalue weighted by molar-refractivity contribution is 8.10. The van der Waals surface area contributed by atoms with Crippen LogP contribution in [0.25, 0.3) is 0 Å². The number of aromatic nitrogens is 1. The van der Waals surface area contributed by atoms with Crippen molar-refractivity contribution in [2.45, 2.75) is 17.4 Å². The summed E-state index contributed by atoms with van der Waals surface area (Å²) in [5, 5.41) is 0. The number of rotatable bonds is 5. The first kappa shape index (κ1) is 12.3. The molecule has 1 rings (SSSR count). The van der Waals surface area contributed by atoms with Gasteiger partial charge >= 0.3 is 0 Å². The van der Waals surface area contributed by atoms with Crippen LogP contribution in [0, 0.1) is 5.75 Å². The SMILES string of the molecule is CCSC(S)C([CH]S)c1ccncc1. The van der Waals surface area contributed by atoms with E-state index in [9.17, 15) is 0 Å². The highest BCUT2D eigenvalue weighted by Gasteiger charge is 2.18. The molecule has 14 heavy (non-hydrogen) atoms. The van der Waals surface area contributed by atoms with Gasteiger partial charge in [0, 0.05) is 24.1 Å². The zero-order valence-corrected chi connectivity index (χ0v) is 10.6. The molecule has 0 spiro atoms. The molecule has 4 heteroatoms. The molecule has 2 atom stereocenters. The second-order valence-electron chi connectivity index (χ2n) is 2.80. The van der Waals surface area contributed by atoms with Crippen LogP contribution in [0.5, 0.6) is 0 Å². The van der Waals surface area contributed by atoms with Gasteiger partial charge in [-0.3, -0.25) is 4.98 Å². The smallest absolute Gasteiger partial charge is 0.0551 e. The molecule has 0 fully saturated rings. The summed E-state index contributed by atoms with van der Waals surface area (Å²) >= 11 is 10.6. The average Bonchev–Trinajstić information content (AvgIpc) is 2.21. The summed E-state index contributed by atoms with van der Waals surface area (Å²) in [6, 6.07) is 4.02. The zero-order chi connectivity index (χ0) is 10.4. The van der Waals surface area contributed by atoms with E-state index in [1.807, 2.05) is 29.6 Å². The molecular weight excluding hydrogens is 230 g/mol. The van der Waals surface area contributed by atoms with Crippen molar-refractivity contribution < 1.29 is 0 Å². The van der Waals surface area contributed by atoms with Gasteiger partial charge in [-0.15, -0.1) is 11.8 Å². The van der Waals surface area contributed by atoms with Gasteiger partial charge in [0.25, 0.3) is 0 Å². The Balaban J connectivity index is 2.71. The number of hydrogen-bond acceptors (Lipinski definition) is 4. The lowest BCUT2D eigenvalue weighted by Crippen LogP contribution is -2.09. The molecule has 1 aromatic rings. The summed E-state index contributed by atoms with van der Waals surface area (Å²) in [4.78, 5) is 4.00. The van der Waals surface area contributed by atoms with Gasteiger partial charge in [-0.2, -0.15) is 25.3 Å². The average molecular weight is 244 g/mol. The van der Waals surface area contributed by atoms with Crippen LogP contribution in [0.2, 0.25) is 0 Å². The van der Waals surface area contributed by atoms with Crippen LogP contribution in [0.3, 0.4) is 0 Å². The molecule has 0 bridgehead atoms. The summed E-state index contributed by atoms with van der Waals surface area (Å²) in [6.45, 7) is 2.13. The van der Waals surface area contributed by atoms with Crippen LogP contribution >= 0.6 is 37.0 Å². The molecule has 0 saturated heterocycles. The molecule has 0 aliphatic heterocycles.